The molecule has 206 valence electrons. The molecule has 0 amide bonds. The van der Waals surface area contributed by atoms with E-state index in [1.807, 2.05) is 56.6 Å². The van der Waals surface area contributed by atoms with Crippen molar-refractivity contribution in [3.63, 3.8) is 0 Å². The summed E-state index contributed by atoms with van der Waals surface area (Å²) in [5.41, 5.74) is 2.65. The van der Waals surface area contributed by atoms with E-state index < -0.39 is 43.5 Å². The summed E-state index contributed by atoms with van der Waals surface area (Å²) < 4.78 is 29.0. The quantitative estimate of drug-likeness (QED) is 0.399. The summed E-state index contributed by atoms with van der Waals surface area (Å²) in [6, 6.07) is 7.73. The summed E-state index contributed by atoms with van der Waals surface area (Å²) in [4.78, 5) is 11.8. The van der Waals surface area contributed by atoms with E-state index in [4.69, 9.17) is 23.7 Å². The fourth-order valence-electron chi connectivity index (χ4n) is 4.04. The van der Waals surface area contributed by atoms with E-state index in [2.05, 4.69) is 5.10 Å². The van der Waals surface area contributed by atoms with Crippen molar-refractivity contribution in [3.05, 3.63) is 41.1 Å². The summed E-state index contributed by atoms with van der Waals surface area (Å²) in [6.07, 6.45) is -8.06. The highest BCUT2D eigenvalue weighted by molar-refractivity contribution is 5.60. The minimum atomic E-state index is -1.60. The molecule has 0 radical (unpaired) electrons. The maximum Gasteiger partial charge on any atom is 0.508 e. The summed E-state index contributed by atoms with van der Waals surface area (Å²) in [6.45, 7) is 11.3. The van der Waals surface area contributed by atoms with Crippen LogP contribution in [-0.2, 0) is 20.6 Å². The second-order valence-electron chi connectivity index (χ2n) is 9.52. The van der Waals surface area contributed by atoms with Gasteiger partial charge in [0.15, 0.2) is 0 Å². The molecule has 0 aliphatic carbocycles. The predicted octanol–water partition coefficient (Wildman–Crippen LogP) is 2.51. The molecule has 37 heavy (non-hydrogen) atoms. The molecule has 1 aromatic heterocycles. The minimum absolute atomic E-state index is 0.0363. The van der Waals surface area contributed by atoms with Gasteiger partial charge < -0.3 is 39.0 Å². The topological polar surface area (TPSA) is 142 Å². The maximum atomic E-state index is 11.8. The Morgan fingerprint density at radius 2 is 1.76 bits per heavy atom. The zero-order valence-electron chi connectivity index (χ0n) is 22.2. The first-order chi connectivity index (χ1) is 17.5. The molecule has 2 heterocycles. The molecular formula is C26H38N2O9. The summed E-state index contributed by atoms with van der Waals surface area (Å²) in [5.74, 6) is 1.00. The molecule has 1 fully saturated rings. The molecule has 11 nitrogen and oxygen atoms in total. The molecule has 5 atom stereocenters. The lowest BCUT2D eigenvalue weighted by Gasteiger charge is -2.39. The number of carbonyl (C=O) groups is 1. The second kappa shape index (κ2) is 12.6. The largest absolute Gasteiger partial charge is 0.508 e. The number of aliphatic hydroxyl groups is 3. The molecule has 3 N–H and O–H groups in total. The highest BCUT2D eigenvalue weighted by Crippen LogP contribution is 2.31. The number of aromatic nitrogens is 2. The first-order valence-electron chi connectivity index (χ1n) is 12.5. The van der Waals surface area contributed by atoms with Gasteiger partial charge in [-0.05, 0) is 59.2 Å². The summed E-state index contributed by atoms with van der Waals surface area (Å²) >= 11 is 0. The van der Waals surface area contributed by atoms with Crippen LogP contribution >= 0.6 is 0 Å². The van der Waals surface area contributed by atoms with E-state index in [-0.39, 0.29) is 18.0 Å². The van der Waals surface area contributed by atoms with Gasteiger partial charge in [-0.25, -0.2) is 4.79 Å². The third-order valence-corrected chi connectivity index (χ3v) is 5.94. The molecule has 11 heteroatoms. The van der Waals surface area contributed by atoms with E-state index >= 15 is 0 Å². The lowest BCUT2D eigenvalue weighted by Crippen LogP contribution is -2.60. The lowest BCUT2D eigenvalue weighted by molar-refractivity contribution is -0.278. The zero-order valence-corrected chi connectivity index (χ0v) is 22.2. The minimum Gasteiger partial charge on any atom is -0.494 e. The van der Waals surface area contributed by atoms with Crippen LogP contribution < -0.4 is 9.47 Å². The highest BCUT2D eigenvalue weighted by Gasteiger charge is 2.46. The van der Waals surface area contributed by atoms with E-state index in [0.29, 0.717) is 13.0 Å². The van der Waals surface area contributed by atoms with Gasteiger partial charge in [-0.15, -0.1) is 5.10 Å². The first kappa shape index (κ1) is 28.7. The monoisotopic (exact) mass is 522 g/mol. The van der Waals surface area contributed by atoms with Crippen molar-refractivity contribution < 1.29 is 43.8 Å². The van der Waals surface area contributed by atoms with Crippen molar-refractivity contribution in [3.8, 4) is 11.6 Å². The molecule has 2 aromatic rings. The fraction of sp³-hybridized carbons (Fsp3) is 0.615. The number of ether oxygens (including phenoxy) is 5. The Morgan fingerprint density at radius 1 is 1.08 bits per heavy atom. The van der Waals surface area contributed by atoms with Crippen LogP contribution in [0.15, 0.2) is 24.3 Å². The van der Waals surface area contributed by atoms with Crippen molar-refractivity contribution >= 4 is 6.16 Å². The Kier molecular flexibility index (Phi) is 9.77. The van der Waals surface area contributed by atoms with Crippen LogP contribution in [0.5, 0.6) is 11.6 Å². The van der Waals surface area contributed by atoms with Crippen LogP contribution in [0.4, 0.5) is 4.79 Å². The van der Waals surface area contributed by atoms with E-state index in [1.54, 1.807) is 13.8 Å². The van der Waals surface area contributed by atoms with E-state index in [0.717, 1.165) is 22.6 Å². The third-order valence-electron chi connectivity index (χ3n) is 5.94. The normalized spacial score (nSPS) is 23.8. The Hall–Kier alpha value is -2.86. The van der Waals surface area contributed by atoms with Gasteiger partial charge in [0.05, 0.1) is 12.7 Å². The van der Waals surface area contributed by atoms with Gasteiger partial charge in [-0.2, -0.15) is 0 Å². The Balaban J connectivity index is 1.81. The molecule has 1 aliphatic rings. The van der Waals surface area contributed by atoms with Crippen molar-refractivity contribution in [1.29, 1.82) is 0 Å². The van der Waals surface area contributed by atoms with Gasteiger partial charge in [-0.3, -0.25) is 4.68 Å². The summed E-state index contributed by atoms with van der Waals surface area (Å²) in [5, 5.41) is 36.0. The Bertz CT molecular complexity index is 1020. The van der Waals surface area contributed by atoms with Gasteiger partial charge in [0.2, 0.25) is 12.2 Å². The predicted molar refractivity (Wildman–Crippen MR) is 133 cm³/mol. The second-order valence-corrected chi connectivity index (χ2v) is 9.52. The average molecular weight is 523 g/mol. The average Bonchev–Trinajstić information content (AvgIpc) is 3.14. The van der Waals surface area contributed by atoms with Crippen molar-refractivity contribution in [2.45, 2.75) is 90.8 Å². The lowest BCUT2D eigenvalue weighted by atomic mass is 9.99. The number of nitrogens with zero attached hydrogens (tertiary/aromatic N) is 2. The summed E-state index contributed by atoms with van der Waals surface area (Å²) in [7, 11) is 0. The zero-order chi connectivity index (χ0) is 27.3. The van der Waals surface area contributed by atoms with Gasteiger partial charge >= 0.3 is 6.16 Å². The van der Waals surface area contributed by atoms with Gasteiger partial charge in [0.25, 0.3) is 0 Å². The van der Waals surface area contributed by atoms with E-state index in [1.165, 1.54) is 0 Å². The number of carbonyl (C=O) groups excluding carboxylic acids is 1. The van der Waals surface area contributed by atoms with Crippen LogP contribution in [0.3, 0.4) is 0 Å². The van der Waals surface area contributed by atoms with Crippen LogP contribution in [0, 0.1) is 6.92 Å². The fourth-order valence-corrected chi connectivity index (χ4v) is 4.04. The van der Waals surface area contributed by atoms with Crippen LogP contribution in [0.25, 0.3) is 0 Å². The maximum absolute atomic E-state index is 11.8. The molecule has 3 rings (SSSR count). The molecule has 1 unspecified atom stereocenters. The smallest absolute Gasteiger partial charge is 0.494 e. The van der Waals surface area contributed by atoms with Crippen molar-refractivity contribution in [1.82, 2.24) is 9.78 Å². The van der Waals surface area contributed by atoms with Gasteiger partial charge in [0.1, 0.15) is 36.8 Å². The highest BCUT2D eigenvalue weighted by atomic mass is 16.7. The Labute approximate surface area is 216 Å². The molecule has 1 saturated heterocycles. The van der Waals surface area contributed by atoms with Crippen LogP contribution in [0.1, 0.15) is 57.5 Å². The first-order valence-corrected chi connectivity index (χ1v) is 12.5. The Morgan fingerprint density at radius 3 is 2.35 bits per heavy atom. The molecular weight excluding hydrogens is 484 g/mol. The number of benzene rings is 1. The standard InChI is InChI=1S/C26H38N2O9/c1-7-33-18-10-8-17(9-11-18)12-19-16(6)28(14(2)3)27-24(19)37-25-23(31)22(30)21(29)20(36-25)13-34-26(32)35-15(4)5/h8-11,14-15,20-23,25,29-31H,7,12-13H2,1-6H3/t20-,21-,22+,23-,25?/m1/s1. The molecule has 1 aliphatic heterocycles. The van der Waals surface area contributed by atoms with Crippen LogP contribution in [-0.4, -0.2) is 81.3 Å². The van der Waals surface area contributed by atoms with Crippen molar-refractivity contribution in [2.24, 2.45) is 0 Å². The number of hydrogen-bond donors (Lipinski definition) is 3. The van der Waals surface area contributed by atoms with Gasteiger partial charge in [0, 0.05) is 23.7 Å². The SMILES string of the molecule is CCOc1ccc(Cc2c(OC3O[C@H](COC(=O)OC(C)C)[C@@H](O)[C@H](O)[C@H]3O)nn(C(C)C)c2C)cc1. The molecule has 0 bridgehead atoms. The van der Waals surface area contributed by atoms with E-state index in [9.17, 15) is 20.1 Å². The molecule has 0 saturated carbocycles. The number of hydrogen-bond acceptors (Lipinski definition) is 10. The third kappa shape index (κ3) is 7.13. The molecule has 0 spiro atoms. The number of rotatable bonds is 10. The number of aliphatic hydroxyl groups excluding tert-OH is 3. The molecule has 1 aromatic carbocycles. The van der Waals surface area contributed by atoms with Crippen molar-refractivity contribution in [2.75, 3.05) is 13.2 Å². The van der Waals surface area contributed by atoms with Crippen LogP contribution in [0.2, 0.25) is 0 Å². The van der Waals surface area contributed by atoms with Gasteiger partial charge in [-0.1, -0.05) is 12.1 Å².